The summed E-state index contributed by atoms with van der Waals surface area (Å²) in [4.78, 5) is 49.6. The Bertz CT molecular complexity index is 1180. The van der Waals surface area contributed by atoms with Gasteiger partial charge in [0, 0.05) is 25.7 Å². The molecular weight excluding hydrogens is 440 g/mol. The second-order valence-corrected chi connectivity index (χ2v) is 8.93. The number of aryl methyl sites for hydroxylation is 2. The lowest BCUT2D eigenvalue weighted by atomic mass is 9.94. The van der Waals surface area contributed by atoms with Crippen molar-refractivity contribution in [2.75, 3.05) is 0 Å². The molecule has 35 heavy (non-hydrogen) atoms. The molecule has 0 aliphatic rings. The number of primary amides is 1. The first-order valence-corrected chi connectivity index (χ1v) is 12.0. The van der Waals surface area contributed by atoms with Gasteiger partial charge in [-0.25, -0.2) is 0 Å². The summed E-state index contributed by atoms with van der Waals surface area (Å²) in [5.74, 6) is -2.27. The maximum atomic E-state index is 12.8. The summed E-state index contributed by atoms with van der Waals surface area (Å²) in [6.07, 6.45) is 1.34. The van der Waals surface area contributed by atoms with E-state index in [1.54, 1.807) is 6.92 Å². The fourth-order valence-electron chi connectivity index (χ4n) is 4.20. The Hall–Kier alpha value is -3.80. The Morgan fingerprint density at radius 2 is 1.49 bits per heavy atom. The fraction of sp³-hybridized carbons (Fsp3) is 0.310. The number of nitrogens with one attached hydrogen (secondary N) is 1. The summed E-state index contributed by atoms with van der Waals surface area (Å²) >= 11 is 0. The minimum atomic E-state index is -0.885. The first-order chi connectivity index (χ1) is 16.8. The number of fused-ring (bicyclic) bond motifs is 1. The molecule has 0 aliphatic carbocycles. The van der Waals surface area contributed by atoms with E-state index in [9.17, 15) is 19.2 Å². The average molecular weight is 473 g/mol. The van der Waals surface area contributed by atoms with Gasteiger partial charge in [0.25, 0.3) is 0 Å². The van der Waals surface area contributed by atoms with Gasteiger partial charge in [0.15, 0.2) is 5.78 Å². The molecule has 0 saturated heterocycles. The molecular formula is C29H32N2O4. The van der Waals surface area contributed by atoms with Crippen molar-refractivity contribution < 1.29 is 19.2 Å². The van der Waals surface area contributed by atoms with Gasteiger partial charge in [0.05, 0.1) is 12.0 Å². The molecule has 0 aliphatic heterocycles. The Kier molecular flexibility index (Phi) is 9.30. The number of rotatable bonds is 13. The summed E-state index contributed by atoms with van der Waals surface area (Å²) in [6, 6.07) is 22.9. The van der Waals surface area contributed by atoms with Crippen LogP contribution in [0.25, 0.3) is 10.8 Å². The van der Waals surface area contributed by atoms with Crippen LogP contribution < -0.4 is 11.1 Å². The summed E-state index contributed by atoms with van der Waals surface area (Å²) < 4.78 is 0. The molecule has 0 saturated carbocycles. The van der Waals surface area contributed by atoms with E-state index in [-0.39, 0.29) is 37.2 Å². The summed E-state index contributed by atoms with van der Waals surface area (Å²) in [6.45, 7) is 1.63. The zero-order chi connectivity index (χ0) is 25.2. The summed E-state index contributed by atoms with van der Waals surface area (Å²) in [7, 11) is 0. The monoisotopic (exact) mass is 472 g/mol. The molecule has 2 amide bonds. The van der Waals surface area contributed by atoms with Gasteiger partial charge in [0.1, 0.15) is 5.78 Å². The molecule has 3 rings (SSSR count). The summed E-state index contributed by atoms with van der Waals surface area (Å²) in [5.41, 5.74) is 7.43. The van der Waals surface area contributed by atoms with Gasteiger partial charge in [-0.2, -0.15) is 0 Å². The molecule has 6 heteroatoms. The van der Waals surface area contributed by atoms with Crippen molar-refractivity contribution in [3.05, 3.63) is 83.9 Å². The molecule has 6 nitrogen and oxygen atoms in total. The summed E-state index contributed by atoms with van der Waals surface area (Å²) in [5, 5.41) is 4.91. The molecule has 0 spiro atoms. The van der Waals surface area contributed by atoms with Crippen molar-refractivity contribution in [1.29, 1.82) is 0 Å². The Morgan fingerprint density at radius 3 is 2.23 bits per heavy atom. The predicted octanol–water partition coefficient (Wildman–Crippen LogP) is 3.93. The van der Waals surface area contributed by atoms with Crippen LogP contribution in [0, 0.1) is 5.92 Å². The zero-order valence-electron chi connectivity index (χ0n) is 20.0. The van der Waals surface area contributed by atoms with E-state index in [1.807, 2.05) is 72.8 Å². The normalized spacial score (nSPS) is 12.6. The number of benzene rings is 3. The zero-order valence-corrected chi connectivity index (χ0v) is 20.0. The van der Waals surface area contributed by atoms with Crippen molar-refractivity contribution >= 4 is 34.2 Å². The Labute approximate surface area is 205 Å². The van der Waals surface area contributed by atoms with E-state index in [0.717, 1.165) is 21.9 Å². The number of carbonyl (C=O) groups is 4. The van der Waals surface area contributed by atoms with Crippen LogP contribution in [0.4, 0.5) is 0 Å². The lowest BCUT2D eigenvalue weighted by Crippen LogP contribution is -2.43. The Morgan fingerprint density at radius 1 is 0.800 bits per heavy atom. The van der Waals surface area contributed by atoms with Crippen LogP contribution in [0.2, 0.25) is 0 Å². The highest BCUT2D eigenvalue weighted by Gasteiger charge is 2.26. The van der Waals surface area contributed by atoms with Gasteiger partial charge in [-0.15, -0.1) is 0 Å². The highest BCUT2D eigenvalue weighted by Crippen LogP contribution is 2.20. The number of carbonyl (C=O) groups excluding carboxylic acids is 4. The third-order valence-corrected chi connectivity index (χ3v) is 6.19. The van der Waals surface area contributed by atoms with E-state index >= 15 is 0 Å². The molecule has 0 aromatic heterocycles. The van der Waals surface area contributed by atoms with Gasteiger partial charge in [0.2, 0.25) is 11.8 Å². The average Bonchev–Trinajstić information content (AvgIpc) is 2.85. The first-order valence-electron chi connectivity index (χ1n) is 12.0. The lowest BCUT2D eigenvalue weighted by molar-refractivity contribution is -0.134. The highest BCUT2D eigenvalue weighted by atomic mass is 16.2. The van der Waals surface area contributed by atoms with Gasteiger partial charge >= 0.3 is 0 Å². The maximum Gasteiger partial charge on any atom is 0.224 e. The van der Waals surface area contributed by atoms with E-state index in [0.29, 0.717) is 12.8 Å². The molecule has 0 unspecified atom stereocenters. The van der Waals surface area contributed by atoms with E-state index in [2.05, 4.69) is 5.32 Å². The number of ketones is 2. The molecule has 0 radical (unpaired) electrons. The molecule has 0 heterocycles. The number of nitrogens with two attached hydrogens (primary N) is 1. The van der Waals surface area contributed by atoms with E-state index in [4.69, 9.17) is 5.73 Å². The van der Waals surface area contributed by atoms with Crippen LogP contribution in [0.1, 0.15) is 43.7 Å². The van der Waals surface area contributed by atoms with Gasteiger partial charge in [-0.1, -0.05) is 72.8 Å². The van der Waals surface area contributed by atoms with E-state index in [1.165, 1.54) is 0 Å². The molecule has 0 bridgehead atoms. The SMILES string of the molecule is C[C@H](NC(=O)[C@H](CC(N)=O)CC(=O)CCc1ccccc1)C(=O)CCc1cccc2ccccc12. The second-order valence-electron chi connectivity index (χ2n) is 8.93. The highest BCUT2D eigenvalue weighted by molar-refractivity contribution is 5.94. The topological polar surface area (TPSA) is 106 Å². The number of hydrogen-bond acceptors (Lipinski definition) is 4. The largest absolute Gasteiger partial charge is 0.370 e. The quantitative estimate of drug-likeness (QED) is 0.393. The van der Waals surface area contributed by atoms with Crippen molar-refractivity contribution in [3.63, 3.8) is 0 Å². The third kappa shape index (κ3) is 7.88. The molecule has 3 aromatic carbocycles. The van der Waals surface area contributed by atoms with Crippen molar-refractivity contribution in [1.82, 2.24) is 5.32 Å². The molecule has 2 atom stereocenters. The minimum absolute atomic E-state index is 0.0848. The fourth-order valence-corrected chi connectivity index (χ4v) is 4.20. The smallest absolute Gasteiger partial charge is 0.224 e. The van der Waals surface area contributed by atoms with Gasteiger partial charge in [-0.05, 0) is 41.7 Å². The standard InChI is InChI=1S/C29H32N2O4/c1-20(27(33)17-15-23-12-7-11-22-10-5-6-13-26(22)23)31-29(35)24(19-28(30)34)18-25(32)16-14-21-8-3-2-4-9-21/h2-13,20,24H,14-19H2,1H3,(H2,30,34)(H,31,35)/t20-,24-/m0/s1. The molecule has 182 valence electrons. The lowest BCUT2D eigenvalue weighted by Gasteiger charge is -2.19. The second kappa shape index (κ2) is 12.6. The number of amides is 2. The van der Waals surface area contributed by atoms with Crippen molar-refractivity contribution in [2.24, 2.45) is 11.7 Å². The van der Waals surface area contributed by atoms with Crippen molar-refractivity contribution in [2.45, 2.75) is 51.5 Å². The molecule has 3 N–H and O–H groups in total. The van der Waals surface area contributed by atoms with Gasteiger partial charge in [-0.3, -0.25) is 19.2 Å². The maximum absolute atomic E-state index is 12.8. The predicted molar refractivity (Wildman–Crippen MR) is 137 cm³/mol. The molecule has 0 fully saturated rings. The van der Waals surface area contributed by atoms with Crippen LogP contribution in [0.5, 0.6) is 0 Å². The first kappa shape index (κ1) is 25.8. The number of hydrogen-bond donors (Lipinski definition) is 2. The third-order valence-electron chi connectivity index (χ3n) is 6.19. The van der Waals surface area contributed by atoms with Crippen LogP contribution in [-0.4, -0.2) is 29.4 Å². The number of Topliss-reactive ketones (excluding diaryl/α,β-unsaturated/α-hetero) is 2. The van der Waals surface area contributed by atoms with Crippen LogP contribution in [0.3, 0.4) is 0 Å². The van der Waals surface area contributed by atoms with Gasteiger partial charge < -0.3 is 11.1 Å². The van der Waals surface area contributed by atoms with Crippen molar-refractivity contribution in [3.8, 4) is 0 Å². The van der Waals surface area contributed by atoms with Crippen LogP contribution in [-0.2, 0) is 32.0 Å². The van der Waals surface area contributed by atoms with E-state index < -0.39 is 23.8 Å². The van der Waals surface area contributed by atoms with Crippen LogP contribution >= 0.6 is 0 Å². The molecule has 3 aromatic rings. The minimum Gasteiger partial charge on any atom is -0.370 e. The van der Waals surface area contributed by atoms with Crippen LogP contribution in [0.15, 0.2) is 72.8 Å². The Balaban J connectivity index is 1.54.